The third-order valence-corrected chi connectivity index (χ3v) is 5.02. The lowest BCUT2D eigenvalue weighted by molar-refractivity contribution is 0.0675. The Morgan fingerprint density at radius 3 is 2.38 bits per heavy atom. The number of benzene rings is 2. The molecule has 1 heterocycles. The van der Waals surface area contributed by atoms with Gasteiger partial charge in [0.25, 0.3) is 5.56 Å². The molecule has 0 bridgehead atoms. The molecule has 0 saturated heterocycles. The zero-order chi connectivity index (χ0) is 23.3. The van der Waals surface area contributed by atoms with E-state index in [0.717, 1.165) is 18.4 Å². The molecule has 3 rings (SSSR count). The van der Waals surface area contributed by atoms with E-state index in [9.17, 15) is 14.7 Å². The van der Waals surface area contributed by atoms with Gasteiger partial charge in [-0.3, -0.25) is 9.36 Å². The molecule has 6 nitrogen and oxygen atoms in total. The summed E-state index contributed by atoms with van der Waals surface area (Å²) in [6.07, 6.45) is 1.71. The third-order valence-electron chi connectivity index (χ3n) is 5.02. The molecule has 0 unspecified atom stereocenters. The quantitative estimate of drug-likeness (QED) is 0.447. The minimum absolute atomic E-state index is 0.105. The van der Waals surface area contributed by atoms with E-state index in [1.807, 2.05) is 58.0 Å². The van der Waals surface area contributed by atoms with Crippen LogP contribution >= 0.6 is 0 Å². The second kappa shape index (κ2) is 9.90. The van der Waals surface area contributed by atoms with Crippen LogP contribution in [0.25, 0.3) is 10.8 Å². The molecule has 0 amide bonds. The van der Waals surface area contributed by atoms with Gasteiger partial charge >= 0.3 is 5.97 Å². The lowest BCUT2D eigenvalue weighted by Gasteiger charge is -2.24. The fraction of sp³-hybridized carbons (Fsp3) is 0.385. The summed E-state index contributed by atoms with van der Waals surface area (Å²) in [6, 6.07) is 14.9. The van der Waals surface area contributed by atoms with Gasteiger partial charge in [-0.15, -0.1) is 0 Å². The van der Waals surface area contributed by atoms with Crippen LogP contribution in [0.1, 0.15) is 56.6 Å². The number of fused-ring (bicyclic) bond motifs is 1. The molecule has 2 aromatic carbocycles. The topological polar surface area (TPSA) is 77.8 Å². The number of aromatic carboxylic acids is 1. The van der Waals surface area contributed by atoms with Crippen LogP contribution in [0.3, 0.4) is 0 Å². The van der Waals surface area contributed by atoms with E-state index in [2.05, 4.69) is 0 Å². The maximum absolute atomic E-state index is 13.4. The van der Waals surface area contributed by atoms with E-state index >= 15 is 0 Å². The van der Waals surface area contributed by atoms with Crippen LogP contribution in [0.2, 0.25) is 0 Å². The standard InChI is InChI=1S/C26H31NO5/c1-5-6-14-31-23-20-13-12-19(32-16-18-10-8-7-9-11-18)15-21(20)24(28)27(17-26(2,3)4)22(23)25(29)30/h7-13,15H,5-6,14,16-17H2,1-4H3,(H,29,30). The van der Waals surface area contributed by atoms with Crippen molar-refractivity contribution in [1.29, 1.82) is 0 Å². The highest BCUT2D eigenvalue weighted by Crippen LogP contribution is 2.32. The van der Waals surface area contributed by atoms with Gasteiger partial charge in [-0.2, -0.15) is 0 Å². The van der Waals surface area contributed by atoms with Gasteiger partial charge in [0, 0.05) is 11.9 Å². The van der Waals surface area contributed by atoms with Crippen LogP contribution in [0.5, 0.6) is 11.5 Å². The van der Waals surface area contributed by atoms with Gasteiger partial charge < -0.3 is 14.6 Å². The molecule has 0 aliphatic carbocycles. The minimum atomic E-state index is -1.18. The molecular weight excluding hydrogens is 406 g/mol. The summed E-state index contributed by atoms with van der Waals surface area (Å²) in [5, 5.41) is 10.9. The molecule has 170 valence electrons. The van der Waals surface area contributed by atoms with Crippen molar-refractivity contribution in [1.82, 2.24) is 4.57 Å². The number of carbonyl (C=O) groups is 1. The molecule has 0 atom stereocenters. The van der Waals surface area contributed by atoms with Gasteiger partial charge in [-0.1, -0.05) is 64.4 Å². The summed E-state index contributed by atoms with van der Waals surface area (Å²) in [5.74, 6) is -0.396. The van der Waals surface area contributed by atoms with E-state index in [0.29, 0.717) is 29.7 Å². The minimum Gasteiger partial charge on any atom is -0.490 e. The first kappa shape index (κ1) is 23.4. The zero-order valence-electron chi connectivity index (χ0n) is 19.2. The molecule has 6 heteroatoms. The van der Waals surface area contributed by atoms with Crippen molar-refractivity contribution in [3.05, 3.63) is 70.1 Å². The normalized spacial score (nSPS) is 11.5. The van der Waals surface area contributed by atoms with Crippen molar-refractivity contribution in [2.45, 2.75) is 53.7 Å². The number of carboxylic acid groups (broad SMARTS) is 1. The molecule has 0 aliphatic rings. The van der Waals surface area contributed by atoms with Crippen molar-refractivity contribution >= 4 is 16.7 Å². The van der Waals surface area contributed by atoms with E-state index in [4.69, 9.17) is 9.47 Å². The molecule has 0 radical (unpaired) electrons. The number of unbranched alkanes of at least 4 members (excludes halogenated alkanes) is 1. The lowest BCUT2D eigenvalue weighted by atomic mass is 9.96. The Kier molecular flexibility index (Phi) is 7.23. The second-order valence-electron chi connectivity index (χ2n) is 9.12. The van der Waals surface area contributed by atoms with E-state index < -0.39 is 5.97 Å². The van der Waals surface area contributed by atoms with Gasteiger partial charge in [0.05, 0.1) is 12.0 Å². The highest BCUT2D eigenvalue weighted by Gasteiger charge is 2.26. The summed E-state index contributed by atoms with van der Waals surface area (Å²) in [6.45, 7) is 8.94. The maximum Gasteiger partial charge on any atom is 0.356 e. The number of hydrogen-bond acceptors (Lipinski definition) is 4. The fourth-order valence-electron chi connectivity index (χ4n) is 3.53. The Labute approximate surface area is 188 Å². The van der Waals surface area contributed by atoms with Crippen molar-refractivity contribution < 1.29 is 19.4 Å². The van der Waals surface area contributed by atoms with Crippen LogP contribution < -0.4 is 15.0 Å². The summed E-state index contributed by atoms with van der Waals surface area (Å²) in [4.78, 5) is 25.6. The predicted molar refractivity (Wildman–Crippen MR) is 126 cm³/mol. The van der Waals surface area contributed by atoms with Gasteiger partial charge in [0.15, 0.2) is 11.4 Å². The maximum atomic E-state index is 13.4. The average molecular weight is 438 g/mol. The molecular formula is C26H31NO5. The summed E-state index contributed by atoms with van der Waals surface area (Å²) in [7, 11) is 0. The Balaban J connectivity index is 2.13. The monoisotopic (exact) mass is 437 g/mol. The summed E-state index contributed by atoms with van der Waals surface area (Å²) in [5.41, 5.74) is 0.249. The Hall–Kier alpha value is -3.28. The van der Waals surface area contributed by atoms with Crippen molar-refractivity contribution in [2.75, 3.05) is 6.61 Å². The second-order valence-corrected chi connectivity index (χ2v) is 9.12. The molecule has 32 heavy (non-hydrogen) atoms. The van der Waals surface area contributed by atoms with E-state index in [1.165, 1.54) is 4.57 Å². The van der Waals surface area contributed by atoms with Crippen molar-refractivity contribution in [3.63, 3.8) is 0 Å². The largest absolute Gasteiger partial charge is 0.490 e. The number of pyridine rings is 1. The molecule has 1 aromatic heterocycles. The molecule has 0 saturated carbocycles. The number of rotatable bonds is 9. The molecule has 1 N–H and O–H groups in total. The van der Waals surface area contributed by atoms with Crippen LogP contribution in [-0.2, 0) is 13.2 Å². The molecule has 3 aromatic rings. The molecule has 0 aliphatic heterocycles. The number of hydrogen-bond donors (Lipinski definition) is 1. The third kappa shape index (κ3) is 5.49. The van der Waals surface area contributed by atoms with Crippen LogP contribution in [0, 0.1) is 5.41 Å². The van der Waals surface area contributed by atoms with Gasteiger partial charge in [0.2, 0.25) is 0 Å². The number of carboxylic acids is 1. The summed E-state index contributed by atoms with van der Waals surface area (Å²) < 4.78 is 13.2. The van der Waals surface area contributed by atoms with Crippen LogP contribution in [0.15, 0.2) is 53.3 Å². The van der Waals surface area contributed by atoms with Crippen LogP contribution in [0.4, 0.5) is 0 Å². The van der Waals surface area contributed by atoms with E-state index in [1.54, 1.807) is 18.2 Å². The average Bonchev–Trinajstić information content (AvgIpc) is 2.75. The Bertz CT molecular complexity index is 1140. The van der Waals surface area contributed by atoms with Crippen molar-refractivity contribution in [2.24, 2.45) is 5.41 Å². The zero-order valence-corrected chi connectivity index (χ0v) is 19.2. The molecule has 0 fully saturated rings. The molecule has 0 spiro atoms. The number of ether oxygens (including phenoxy) is 2. The van der Waals surface area contributed by atoms with Gasteiger partial charge in [0.1, 0.15) is 12.4 Å². The highest BCUT2D eigenvalue weighted by atomic mass is 16.5. The first-order valence-corrected chi connectivity index (χ1v) is 10.9. The van der Waals surface area contributed by atoms with Crippen LogP contribution in [-0.4, -0.2) is 22.2 Å². The SMILES string of the molecule is CCCCOc1c(C(=O)O)n(CC(C)(C)C)c(=O)c2cc(OCc3ccccc3)ccc12. The predicted octanol–water partition coefficient (Wildman–Crippen LogP) is 5.50. The highest BCUT2D eigenvalue weighted by molar-refractivity contribution is 5.99. The first-order valence-electron chi connectivity index (χ1n) is 10.9. The number of aromatic nitrogens is 1. The number of nitrogens with zero attached hydrogens (tertiary/aromatic N) is 1. The first-order chi connectivity index (χ1) is 15.2. The smallest absolute Gasteiger partial charge is 0.356 e. The fourth-order valence-corrected chi connectivity index (χ4v) is 3.53. The lowest BCUT2D eigenvalue weighted by Crippen LogP contribution is -2.32. The van der Waals surface area contributed by atoms with Gasteiger partial charge in [-0.05, 0) is 35.6 Å². The van der Waals surface area contributed by atoms with E-state index in [-0.39, 0.29) is 29.0 Å². The van der Waals surface area contributed by atoms with Crippen molar-refractivity contribution in [3.8, 4) is 11.5 Å². The Morgan fingerprint density at radius 2 is 1.75 bits per heavy atom. The summed E-state index contributed by atoms with van der Waals surface area (Å²) >= 11 is 0. The van der Waals surface area contributed by atoms with Gasteiger partial charge in [-0.25, -0.2) is 4.79 Å². The Morgan fingerprint density at radius 1 is 1.03 bits per heavy atom.